The van der Waals surface area contributed by atoms with Crippen LogP contribution in [-0.2, 0) is 19.4 Å². The van der Waals surface area contributed by atoms with Gasteiger partial charge in [-0.1, -0.05) is 42.0 Å². The molecule has 0 bridgehead atoms. The van der Waals surface area contributed by atoms with Gasteiger partial charge < -0.3 is 19.5 Å². The Kier molecular flexibility index (Phi) is 5.61. The Hall–Kier alpha value is -3.51. The summed E-state index contributed by atoms with van der Waals surface area (Å²) in [5.74, 6) is 0.653. The van der Waals surface area contributed by atoms with E-state index >= 15 is 0 Å². The lowest BCUT2D eigenvalue weighted by molar-refractivity contribution is 0.194. The molecule has 35 heavy (non-hydrogen) atoms. The molecule has 1 atom stereocenters. The summed E-state index contributed by atoms with van der Waals surface area (Å²) in [6, 6.07) is 20.0. The first-order valence-electron chi connectivity index (χ1n) is 12.2. The molecule has 0 fully saturated rings. The Morgan fingerprint density at radius 2 is 1.89 bits per heavy atom. The number of ether oxygens (including phenoxy) is 1. The normalized spacial score (nSPS) is 16.6. The van der Waals surface area contributed by atoms with Crippen molar-refractivity contribution in [3.05, 3.63) is 99.7 Å². The van der Waals surface area contributed by atoms with E-state index in [1.54, 1.807) is 7.11 Å². The highest BCUT2D eigenvalue weighted by molar-refractivity contribution is 7.15. The van der Waals surface area contributed by atoms with Crippen LogP contribution in [0.25, 0.3) is 5.00 Å². The van der Waals surface area contributed by atoms with Crippen molar-refractivity contribution in [3.8, 4) is 10.8 Å². The number of anilines is 1. The molecule has 2 aromatic carbocycles. The molecule has 1 N–H and O–H groups in total. The van der Waals surface area contributed by atoms with E-state index in [9.17, 15) is 4.79 Å². The summed E-state index contributed by atoms with van der Waals surface area (Å²) in [6.07, 6.45) is 6.84. The van der Waals surface area contributed by atoms with Crippen molar-refractivity contribution in [2.24, 2.45) is 0 Å². The fraction of sp³-hybridized carbons (Fsp3) is 0.276. The van der Waals surface area contributed by atoms with Crippen molar-refractivity contribution < 1.29 is 9.53 Å². The minimum Gasteiger partial charge on any atom is -0.495 e. The molecular formula is C29H29N3O2S. The Bertz CT molecular complexity index is 1400. The molecule has 1 aliphatic heterocycles. The van der Waals surface area contributed by atoms with Crippen LogP contribution in [0, 0.1) is 6.92 Å². The van der Waals surface area contributed by atoms with Gasteiger partial charge in [0.05, 0.1) is 31.1 Å². The van der Waals surface area contributed by atoms with Crippen molar-refractivity contribution in [2.45, 2.75) is 45.2 Å². The Balaban J connectivity index is 1.50. The summed E-state index contributed by atoms with van der Waals surface area (Å²) in [6.45, 7) is 2.67. The van der Waals surface area contributed by atoms with E-state index in [0.717, 1.165) is 24.1 Å². The number of hydrogen-bond donors (Lipinski definition) is 1. The van der Waals surface area contributed by atoms with Gasteiger partial charge in [0.15, 0.2) is 0 Å². The minimum atomic E-state index is -0.210. The van der Waals surface area contributed by atoms with Gasteiger partial charge in [-0.15, -0.1) is 11.3 Å². The predicted molar refractivity (Wildman–Crippen MR) is 141 cm³/mol. The first kappa shape index (κ1) is 22.0. The number of thiophene rings is 1. The molecule has 6 rings (SSSR count). The number of benzene rings is 2. The van der Waals surface area contributed by atoms with Crippen molar-refractivity contribution >= 4 is 23.1 Å². The average Bonchev–Trinajstić information content (AvgIpc) is 3.46. The number of nitrogens with one attached hydrogen (secondary N) is 1. The molecule has 0 saturated carbocycles. The maximum atomic E-state index is 14.0. The first-order valence-corrected chi connectivity index (χ1v) is 13.0. The number of carbonyl (C=O) groups excluding carboxylic acids is 1. The number of aromatic nitrogens is 1. The monoisotopic (exact) mass is 483 g/mol. The van der Waals surface area contributed by atoms with E-state index in [4.69, 9.17) is 4.74 Å². The van der Waals surface area contributed by atoms with E-state index in [2.05, 4.69) is 59.4 Å². The zero-order chi connectivity index (χ0) is 23.9. The lowest BCUT2D eigenvalue weighted by Gasteiger charge is -2.31. The maximum absolute atomic E-state index is 14.0. The minimum absolute atomic E-state index is 0.127. The van der Waals surface area contributed by atoms with Crippen LogP contribution in [0.4, 0.5) is 10.5 Å². The van der Waals surface area contributed by atoms with Crippen LogP contribution >= 0.6 is 11.3 Å². The van der Waals surface area contributed by atoms with E-state index in [1.165, 1.54) is 39.4 Å². The number of amides is 2. The number of rotatable bonds is 3. The largest absolute Gasteiger partial charge is 0.495 e. The van der Waals surface area contributed by atoms with Crippen molar-refractivity contribution in [1.82, 2.24) is 9.47 Å². The fourth-order valence-electron chi connectivity index (χ4n) is 5.51. The number of aryl methyl sites for hydroxylation is 2. The van der Waals surface area contributed by atoms with E-state index in [0.29, 0.717) is 18.0 Å². The average molecular weight is 484 g/mol. The van der Waals surface area contributed by atoms with Crippen LogP contribution in [0.15, 0.2) is 66.9 Å². The zero-order valence-corrected chi connectivity index (χ0v) is 20.9. The molecule has 1 aliphatic carbocycles. The van der Waals surface area contributed by atoms with Gasteiger partial charge in [-0.25, -0.2) is 4.79 Å². The molecule has 0 saturated heterocycles. The topological polar surface area (TPSA) is 46.5 Å². The van der Waals surface area contributed by atoms with Crippen LogP contribution in [0.5, 0.6) is 5.75 Å². The second kappa shape index (κ2) is 8.93. The molecule has 3 heterocycles. The summed E-state index contributed by atoms with van der Waals surface area (Å²) in [5.41, 5.74) is 6.84. The predicted octanol–water partition coefficient (Wildman–Crippen LogP) is 6.87. The number of nitrogens with zero attached hydrogens (tertiary/aromatic N) is 2. The molecule has 2 aliphatic rings. The molecule has 0 spiro atoms. The standard InChI is InChI=1S/C29H29N3O2S/c1-19-9-7-10-20(17-19)27-24-13-8-16-31(24)28-22(21-11-3-6-15-26(21)35-28)18-32(27)29(33)30-23-12-4-5-14-25(23)34-2/h4-5,7-10,12-14,16-17,27H,3,6,11,15,18H2,1-2H3,(H,30,33)/t27-/m0/s1. The van der Waals surface area contributed by atoms with Crippen LogP contribution in [0.1, 0.15) is 51.7 Å². The van der Waals surface area contributed by atoms with Crippen LogP contribution in [-0.4, -0.2) is 22.6 Å². The summed E-state index contributed by atoms with van der Waals surface area (Å²) >= 11 is 1.91. The number of carbonyl (C=O) groups is 1. The van der Waals surface area contributed by atoms with Crippen LogP contribution in [0.3, 0.4) is 0 Å². The highest BCUT2D eigenvalue weighted by Crippen LogP contribution is 2.44. The van der Waals surface area contributed by atoms with Crippen LogP contribution < -0.4 is 10.1 Å². The third kappa shape index (κ3) is 3.82. The Morgan fingerprint density at radius 3 is 2.74 bits per heavy atom. The molecule has 2 aromatic heterocycles. The molecule has 0 unspecified atom stereocenters. The molecule has 2 amide bonds. The summed E-state index contributed by atoms with van der Waals surface area (Å²) in [4.78, 5) is 17.5. The Labute approximate surface area is 210 Å². The summed E-state index contributed by atoms with van der Waals surface area (Å²) in [5, 5.41) is 4.42. The maximum Gasteiger partial charge on any atom is 0.323 e. The van der Waals surface area contributed by atoms with E-state index in [1.807, 2.05) is 40.5 Å². The third-order valence-electron chi connectivity index (χ3n) is 7.15. The number of hydrogen-bond acceptors (Lipinski definition) is 3. The third-order valence-corrected chi connectivity index (χ3v) is 8.48. The van der Waals surface area contributed by atoms with Crippen molar-refractivity contribution in [1.29, 1.82) is 0 Å². The molecule has 178 valence electrons. The number of methoxy groups -OCH3 is 1. The Morgan fingerprint density at radius 1 is 1.03 bits per heavy atom. The van der Waals surface area contributed by atoms with E-state index in [-0.39, 0.29) is 12.1 Å². The van der Waals surface area contributed by atoms with Gasteiger partial charge >= 0.3 is 6.03 Å². The quantitative estimate of drug-likeness (QED) is 0.346. The smallest absolute Gasteiger partial charge is 0.323 e. The van der Waals surface area contributed by atoms with Crippen molar-refractivity contribution in [3.63, 3.8) is 0 Å². The molecule has 0 radical (unpaired) electrons. The van der Waals surface area contributed by atoms with Gasteiger partial charge in [-0.3, -0.25) is 0 Å². The van der Waals surface area contributed by atoms with Gasteiger partial charge in [-0.2, -0.15) is 0 Å². The number of fused-ring (bicyclic) bond motifs is 5. The molecule has 4 aromatic rings. The fourth-order valence-corrected chi connectivity index (χ4v) is 6.92. The molecule has 6 heteroatoms. The first-order chi connectivity index (χ1) is 17.1. The van der Waals surface area contributed by atoms with Gasteiger partial charge in [-0.05, 0) is 68.0 Å². The number of urea groups is 1. The molecule has 5 nitrogen and oxygen atoms in total. The summed E-state index contributed by atoms with van der Waals surface area (Å²) in [7, 11) is 1.63. The SMILES string of the molecule is COc1ccccc1NC(=O)N1Cc2c(sc3c2CCCC3)-n2cccc2[C@@H]1c1cccc(C)c1. The van der Waals surface area contributed by atoms with Crippen LogP contribution in [0.2, 0.25) is 0 Å². The van der Waals surface area contributed by atoms with Gasteiger partial charge in [0.25, 0.3) is 0 Å². The highest BCUT2D eigenvalue weighted by Gasteiger charge is 2.36. The van der Waals surface area contributed by atoms with Gasteiger partial charge in [0, 0.05) is 16.6 Å². The second-order valence-corrected chi connectivity index (χ2v) is 10.5. The second-order valence-electron chi connectivity index (χ2n) is 9.37. The summed E-state index contributed by atoms with van der Waals surface area (Å²) < 4.78 is 7.83. The van der Waals surface area contributed by atoms with Crippen molar-refractivity contribution in [2.75, 3.05) is 12.4 Å². The lowest BCUT2D eigenvalue weighted by atomic mass is 9.95. The zero-order valence-electron chi connectivity index (χ0n) is 20.1. The number of para-hydroxylation sites is 2. The van der Waals surface area contributed by atoms with E-state index < -0.39 is 0 Å². The lowest BCUT2D eigenvalue weighted by Crippen LogP contribution is -2.38. The van der Waals surface area contributed by atoms with Gasteiger partial charge in [0.2, 0.25) is 0 Å². The molecular weight excluding hydrogens is 454 g/mol. The highest BCUT2D eigenvalue weighted by atomic mass is 32.1. The van der Waals surface area contributed by atoms with Gasteiger partial charge in [0.1, 0.15) is 10.8 Å².